The number of benzene rings is 7. The fourth-order valence-corrected chi connectivity index (χ4v) is 7.82. The summed E-state index contributed by atoms with van der Waals surface area (Å²) < 4.78 is 8.47. The maximum atomic E-state index is 6.15. The second-order valence-electron chi connectivity index (χ2n) is 13.6. The van der Waals surface area contributed by atoms with Crippen molar-refractivity contribution in [3.63, 3.8) is 0 Å². The van der Waals surface area contributed by atoms with E-state index in [9.17, 15) is 0 Å². The third-order valence-electron chi connectivity index (χ3n) is 10.4. The molecule has 0 amide bonds. The van der Waals surface area contributed by atoms with Crippen molar-refractivity contribution >= 4 is 66.3 Å². The first-order chi connectivity index (χ1) is 26.7. The third kappa shape index (κ3) is 5.42. The summed E-state index contributed by atoms with van der Waals surface area (Å²) in [5, 5.41) is 7.11. The zero-order valence-corrected chi connectivity index (χ0v) is 29.5. The predicted molar refractivity (Wildman–Crippen MR) is 228 cm³/mol. The van der Waals surface area contributed by atoms with Crippen LogP contribution in [0.5, 0.6) is 0 Å². The van der Waals surface area contributed by atoms with E-state index in [0.29, 0.717) is 0 Å². The van der Waals surface area contributed by atoms with E-state index in [0.717, 1.165) is 77.9 Å². The van der Waals surface area contributed by atoms with Crippen LogP contribution in [-0.2, 0) is 0 Å². The van der Waals surface area contributed by atoms with Crippen LogP contribution >= 0.6 is 0 Å². The highest BCUT2D eigenvalue weighted by Crippen LogP contribution is 2.40. The highest BCUT2D eigenvalue weighted by atomic mass is 16.3. The summed E-state index contributed by atoms with van der Waals surface area (Å²) in [6, 6.07) is 59.8. The number of rotatable bonds is 7. The lowest BCUT2D eigenvalue weighted by molar-refractivity contribution is 0.669. The molecule has 0 aliphatic rings. The number of hydrogen-bond acceptors (Lipinski definition) is 2. The van der Waals surface area contributed by atoms with Gasteiger partial charge >= 0.3 is 0 Å². The van der Waals surface area contributed by atoms with Gasteiger partial charge in [0.25, 0.3) is 0 Å². The monoisotopic (exact) mass is 690 g/mol. The molecule has 0 saturated carbocycles. The van der Waals surface area contributed by atoms with Crippen LogP contribution in [0.25, 0.3) is 99.8 Å². The molecule has 3 nitrogen and oxygen atoms in total. The van der Waals surface area contributed by atoms with Crippen molar-refractivity contribution in [2.24, 2.45) is 0 Å². The number of allylic oxidation sites excluding steroid dienone is 4. The minimum atomic E-state index is 0.884. The lowest BCUT2D eigenvalue weighted by Crippen LogP contribution is -1.94. The van der Waals surface area contributed by atoms with Gasteiger partial charge in [-0.3, -0.25) is 0 Å². The summed E-state index contributed by atoms with van der Waals surface area (Å²) in [5.41, 5.74) is 12.5. The van der Waals surface area contributed by atoms with Gasteiger partial charge in [0, 0.05) is 32.8 Å². The fraction of sp³-hybridized carbons (Fsp3) is 0. The standard InChI is InChI=1S/C51H34N2O/c1-2-41(20-13-19-40-30-39(34-14-5-3-6-15-34)33-46(52-40)36-17-7-4-8-18-36)53-47-27-25-37(32-45(47)51-42-21-10-9-16-35(42)24-28-48(51)53)38-26-29-50-44(31-38)43-22-11-12-23-49(43)54-50/h2-33H,1H2. The Morgan fingerprint density at radius 3 is 2.00 bits per heavy atom. The van der Waals surface area contributed by atoms with Crippen LogP contribution in [-0.4, -0.2) is 9.55 Å². The predicted octanol–water partition coefficient (Wildman–Crippen LogP) is 14.0. The molecule has 254 valence electrons. The van der Waals surface area contributed by atoms with Gasteiger partial charge in [-0.15, -0.1) is 0 Å². The molecule has 10 rings (SSSR count). The number of aromatic nitrogens is 2. The average molecular weight is 691 g/mol. The van der Waals surface area contributed by atoms with Gasteiger partial charge in [-0.2, -0.15) is 0 Å². The molecule has 0 fully saturated rings. The summed E-state index contributed by atoms with van der Waals surface area (Å²) >= 11 is 0. The van der Waals surface area contributed by atoms with Crippen molar-refractivity contribution < 1.29 is 4.42 Å². The molecule has 3 heterocycles. The van der Waals surface area contributed by atoms with Crippen molar-refractivity contribution in [2.45, 2.75) is 0 Å². The van der Waals surface area contributed by atoms with Crippen LogP contribution in [0.4, 0.5) is 0 Å². The fourth-order valence-electron chi connectivity index (χ4n) is 7.82. The minimum Gasteiger partial charge on any atom is -0.456 e. The van der Waals surface area contributed by atoms with Crippen molar-refractivity contribution in [1.82, 2.24) is 9.55 Å². The maximum absolute atomic E-state index is 6.15. The zero-order chi connectivity index (χ0) is 36.0. The molecule has 0 aliphatic heterocycles. The third-order valence-corrected chi connectivity index (χ3v) is 10.4. The van der Waals surface area contributed by atoms with E-state index in [1.807, 2.05) is 30.3 Å². The lowest BCUT2D eigenvalue weighted by Gasteiger charge is -2.10. The number of fused-ring (bicyclic) bond motifs is 8. The summed E-state index contributed by atoms with van der Waals surface area (Å²) in [6.07, 6.45) is 8.24. The van der Waals surface area contributed by atoms with Crippen LogP contribution < -0.4 is 0 Å². The van der Waals surface area contributed by atoms with E-state index in [2.05, 4.69) is 175 Å². The van der Waals surface area contributed by atoms with Gasteiger partial charge in [0.1, 0.15) is 11.2 Å². The van der Waals surface area contributed by atoms with Crippen molar-refractivity contribution in [3.8, 4) is 33.5 Å². The first-order valence-electron chi connectivity index (χ1n) is 18.2. The van der Waals surface area contributed by atoms with Crippen molar-refractivity contribution in [3.05, 3.63) is 200 Å². The largest absolute Gasteiger partial charge is 0.456 e. The zero-order valence-electron chi connectivity index (χ0n) is 29.5. The Balaban J connectivity index is 1.11. The van der Waals surface area contributed by atoms with Crippen molar-refractivity contribution in [2.75, 3.05) is 0 Å². The van der Waals surface area contributed by atoms with E-state index in [-0.39, 0.29) is 0 Å². The molecule has 0 spiro atoms. The van der Waals surface area contributed by atoms with Crippen LogP contribution in [0, 0.1) is 0 Å². The Morgan fingerprint density at radius 2 is 1.19 bits per heavy atom. The number of furan rings is 1. The molecule has 3 heteroatoms. The molecule has 0 saturated heterocycles. The molecule has 0 unspecified atom stereocenters. The normalized spacial score (nSPS) is 12.2. The second kappa shape index (κ2) is 13.1. The summed E-state index contributed by atoms with van der Waals surface area (Å²) in [5.74, 6) is 0. The molecular formula is C51H34N2O. The van der Waals surface area contributed by atoms with Crippen LogP contribution in [0.3, 0.4) is 0 Å². The molecule has 0 N–H and O–H groups in total. The van der Waals surface area contributed by atoms with Crippen LogP contribution in [0.2, 0.25) is 0 Å². The first-order valence-corrected chi connectivity index (χ1v) is 18.2. The molecule has 0 atom stereocenters. The lowest BCUT2D eigenvalue weighted by atomic mass is 9.99. The van der Waals surface area contributed by atoms with E-state index < -0.39 is 0 Å². The summed E-state index contributed by atoms with van der Waals surface area (Å²) in [7, 11) is 0. The highest BCUT2D eigenvalue weighted by Gasteiger charge is 2.17. The summed E-state index contributed by atoms with van der Waals surface area (Å²) in [4.78, 5) is 5.06. The molecule has 0 aliphatic carbocycles. The molecule has 0 radical (unpaired) electrons. The average Bonchev–Trinajstić information content (AvgIpc) is 3.78. The molecule has 7 aromatic carbocycles. The van der Waals surface area contributed by atoms with Gasteiger partial charge in [0.15, 0.2) is 0 Å². The number of hydrogen-bond donors (Lipinski definition) is 0. The Morgan fingerprint density at radius 1 is 0.519 bits per heavy atom. The topological polar surface area (TPSA) is 31.0 Å². The van der Waals surface area contributed by atoms with E-state index >= 15 is 0 Å². The molecule has 3 aromatic heterocycles. The van der Waals surface area contributed by atoms with Crippen molar-refractivity contribution in [1.29, 1.82) is 0 Å². The van der Waals surface area contributed by atoms with E-state index in [1.165, 1.54) is 21.5 Å². The van der Waals surface area contributed by atoms with Gasteiger partial charge in [-0.25, -0.2) is 4.98 Å². The van der Waals surface area contributed by atoms with Gasteiger partial charge in [-0.05, 0) is 99.8 Å². The Kier molecular flexibility index (Phi) is 7.63. The van der Waals surface area contributed by atoms with E-state index in [1.54, 1.807) is 0 Å². The molecule has 54 heavy (non-hydrogen) atoms. The van der Waals surface area contributed by atoms with Gasteiger partial charge in [-0.1, -0.05) is 134 Å². The molecule has 10 aromatic rings. The number of nitrogens with zero attached hydrogens (tertiary/aromatic N) is 2. The quantitative estimate of drug-likeness (QED) is 0.156. The van der Waals surface area contributed by atoms with Gasteiger partial charge in [0.05, 0.1) is 22.4 Å². The Hall–Kier alpha value is -7.23. The smallest absolute Gasteiger partial charge is 0.135 e. The van der Waals surface area contributed by atoms with Gasteiger partial charge in [0.2, 0.25) is 0 Å². The molecule has 0 bridgehead atoms. The second-order valence-corrected chi connectivity index (χ2v) is 13.6. The molecular weight excluding hydrogens is 657 g/mol. The number of para-hydroxylation sites is 1. The minimum absolute atomic E-state index is 0.884. The highest BCUT2D eigenvalue weighted by molar-refractivity contribution is 6.22. The van der Waals surface area contributed by atoms with Crippen LogP contribution in [0.15, 0.2) is 199 Å². The van der Waals surface area contributed by atoms with Gasteiger partial charge < -0.3 is 8.98 Å². The SMILES string of the molecule is C=CC(=CC=Cc1cc(-c2ccccc2)cc(-c2ccccc2)n1)n1c2ccc(-c3ccc4oc5ccccc5c4c3)cc2c2c3ccccc3ccc21. The first kappa shape index (κ1) is 31.5. The maximum Gasteiger partial charge on any atom is 0.135 e. The number of pyridine rings is 1. The Labute approximate surface area is 313 Å². The van der Waals surface area contributed by atoms with E-state index in [4.69, 9.17) is 9.40 Å². The summed E-state index contributed by atoms with van der Waals surface area (Å²) in [6.45, 7) is 4.29. The Bertz CT molecular complexity index is 3050. The van der Waals surface area contributed by atoms with Crippen LogP contribution in [0.1, 0.15) is 5.69 Å².